The van der Waals surface area contributed by atoms with E-state index < -0.39 is 0 Å². The number of nitrogen functional groups attached to an aromatic ring is 1. The van der Waals surface area contributed by atoms with Crippen molar-refractivity contribution in [3.8, 4) is 0 Å². The summed E-state index contributed by atoms with van der Waals surface area (Å²) in [6.45, 7) is 4.29. The van der Waals surface area contributed by atoms with Gasteiger partial charge in [0, 0.05) is 11.1 Å². The van der Waals surface area contributed by atoms with Gasteiger partial charge in [0.15, 0.2) is 0 Å². The van der Waals surface area contributed by atoms with Crippen LogP contribution in [-0.2, 0) is 5.41 Å². The lowest BCUT2D eigenvalue weighted by Crippen LogP contribution is -2.49. The molecule has 0 atom stereocenters. The number of H-pyrrole nitrogens is 1. The second kappa shape index (κ2) is 6.84. The largest absolute Gasteiger partial charge is 0.399 e. The molecule has 0 radical (unpaired) electrons. The summed E-state index contributed by atoms with van der Waals surface area (Å²) in [5, 5.41) is 8.19. The van der Waals surface area contributed by atoms with Crippen LogP contribution in [0.15, 0.2) is 42.5 Å². The van der Waals surface area contributed by atoms with Gasteiger partial charge in [0.25, 0.3) is 5.95 Å². The smallest absolute Gasteiger partial charge is 0.253 e. The second-order valence-corrected chi connectivity index (χ2v) is 10.4. The molecule has 4 aliphatic rings. The normalized spacial score (nSPS) is 28.8. The van der Waals surface area contributed by atoms with E-state index in [1.165, 1.54) is 49.7 Å². The predicted molar refractivity (Wildman–Crippen MR) is 125 cm³/mol. The third kappa shape index (κ3) is 3.05. The van der Waals surface area contributed by atoms with Crippen molar-refractivity contribution in [2.75, 3.05) is 10.6 Å². The van der Waals surface area contributed by atoms with Gasteiger partial charge < -0.3 is 5.73 Å². The number of hydrogen-bond donors (Lipinski definition) is 2. The summed E-state index contributed by atoms with van der Waals surface area (Å²) in [5.41, 5.74) is 11.6. The molecule has 4 fully saturated rings. The maximum atomic E-state index is 6.16. The van der Waals surface area contributed by atoms with Crippen LogP contribution in [0.3, 0.4) is 0 Å². The number of aromatic amines is 1. The first-order valence-corrected chi connectivity index (χ1v) is 11.7. The fraction of sp³-hybridized carbons (Fsp3) is 0.462. The minimum absolute atomic E-state index is 0.197. The van der Waals surface area contributed by atoms with Gasteiger partial charge in [0.05, 0.1) is 11.4 Å². The fourth-order valence-corrected chi connectivity index (χ4v) is 7.16. The van der Waals surface area contributed by atoms with Crippen LogP contribution in [0, 0.1) is 31.6 Å². The number of nitrogens with two attached hydrogens (primary N) is 1. The van der Waals surface area contributed by atoms with E-state index in [9.17, 15) is 0 Å². The molecule has 4 bridgehead atoms. The molecular weight excluding hydrogens is 382 g/mol. The molecule has 0 unspecified atom stereocenters. The van der Waals surface area contributed by atoms with Crippen molar-refractivity contribution in [1.29, 1.82) is 0 Å². The molecule has 7 rings (SSSR count). The molecule has 0 amide bonds. The molecule has 160 valence electrons. The van der Waals surface area contributed by atoms with E-state index in [2.05, 4.69) is 48.1 Å². The van der Waals surface area contributed by atoms with Gasteiger partial charge in [-0.25, -0.2) is 0 Å². The van der Waals surface area contributed by atoms with Gasteiger partial charge in [-0.15, -0.1) is 5.10 Å². The topological polar surface area (TPSA) is 70.8 Å². The number of rotatable bonds is 4. The Labute approximate surface area is 184 Å². The number of benzene rings is 2. The van der Waals surface area contributed by atoms with Gasteiger partial charge in [-0.1, -0.05) is 24.3 Å². The first-order chi connectivity index (χ1) is 15.0. The predicted octanol–water partition coefficient (Wildman–Crippen LogP) is 5.94. The van der Waals surface area contributed by atoms with Gasteiger partial charge in [-0.3, -0.25) is 10.00 Å². The first-order valence-electron chi connectivity index (χ1n) is 11.7. The van der Waals surface area contributed by atoms with E-state index in [-0.39, 0.29) is 5.41 Å². The molecule has 4 aliphatic carbocycles. The van der Waals surface area contributed by atoms with E-state index in [4.69, 9.17) is 15.8 Å². The number of anilines is 4. The van der Waals surface area contributed by atoms with Crippen molar-refractivity contribution in [3.05, 3.63) is 59.4 Å². The zero-order valence-corrected chi connectivity index (χ0v) is 18.4. The van der Waals surface area contributed by atoms with Gasteiger partial charge in [-0.2, -0.15) is 4.98 Å². The van der Waals surface area contributed by atoms with Crippen molar-refractivity contribution in [2.45, 2.75) is 57.8 Å². The molecule has 3 aromatic rings. The molecule has 0 saturated heterocycles. The van der Waals surface area contributed by atoms with Crippen molar-refractivity contribution in [3.63, 3.8) is 0 Å². The number of hydrogen-bond acceptors (Lipinski definition) is 4. The maximum absolute atomic E-state index is 6.16. The van der Waals surface area contributed by atoms with Gasteiger partial charge in [0.2, 0.25) is 0 Å². The third-order valence-electron chi connectivity index (χ3n) is 8.01. The standard InChI is InChI=1S/C26H31N5/c1-16-5-3-6-17(2)23(16)31(22-8-4-7-21(27)12-22)25-28-24(29-30-25)26-13-18-9-19(14-26)11-20(10-18)15-26/h3-8,12,18-20H,9-11,13-15,27H2,1-2H3,(H,28,29,30). The number of aromatic nitrogens is 3. The summed E-state index contributed by atoms with van der Waals surface area (Å²) in [5.74, 6) is 4.45. The Kier molecular flexibility index (Phi) is 4.17. The summed E-state index contributed by atoms with van der Waals surface area (Å²) in [4.78, 5) is 7.35. The lowest BCUT2D eigenvalue weighted by Gasteiger charge is -2.55. The fourth-order valence-electron chi connectivity index (χ4n) is 7.16. The SMILES string of the molecule is Cc1cccc(C)c1N(c1cccc(N)c1)c1n[nH]c(C23CC4CC(CC(C4)C2)C3)n1. The summed E-state index contributed by atoms with van der Waals surface area (Å²) in [7, 11) is 0. The van der Waals surface area contributed by atoms with E-state index in [0.717, 1.165) is 40.6 Å². The zero-order chi connectivity index (χ0) is 21.2. The minimum Gasteiger partial charge on any atom is -0.399 e. The average molecular weight is 414 g/mol. The highest BCUT2D eigenvalue weighted by Gasteiger charge is 2.53. The van der Waals surface area contributed by atoms with Crippen molar-refractivity contribution in [1.82, 2.24) is 15.2 Å². The molecule has 2 aromatic carbocycles. The molecule has 0 spiro atoms. The van der Waals surface area contributed by atoms with Crippen LogP contribution in [0.1, 0.15) is 55.5 Å². The van der Waals surface area contributed by atoms with E-state index >= 15 is 0 Å². The Bertz CT molecular complexity index is 1070. The summed E-state index contributed by atoms with van der Waals surface area (Å²) < 4.78 is 0. The van der Waals surface area contributed by atoms with Gasteiger partial charge >= 0.3 is 0 Å². The van der Waals surface area contributed by atoms with Crippen LogP contribution in [-0.4, -0.2) is 15.2 Å². The van der Waals surface area contributed by atoms with Crippen molar-refractivity contribution in [2.24, 2.45) is 17.8 Å². The highest BCUT2D eigenvalue weighted by atomic mass is 15.4. The van der Waals surface area contributed by atoms with Gasteiger partial charge in [0.1, 0.15) is 5.82 Å². The first kappa shape index (κ1) is 18.9. The van der Waals surface area contributed by atoms with Crippen LogP contribution in [0.2, 0.25) is 0 Å². The lowest BCUT2D eigenvalue weighted by atomic mass is 9.49. The molecule has 5 heteroatoms. The van der Waals surface area contributed by atoms with E-state index in [0.29, 0.717) is 5.95 Å². The molecule has 31 heavy (non-hydrogen) atoms. The number of nitrogens with one attached hydrogen (secondary N) is 1. The Balaban J connectivity index is 1.45. The molecule has 5 nitrogen and oxygen atoms in total. The monoisotopic (exact) mass is 413 g/mol. The summed E-state index contributed by atoms with van der Waals surface area (Å²) in [6, 6.07) is 14.4. The molecule has 1 heterocycles. The molecule has 4 saturated carbocycles. The van der Waals surface area contributed by atoms with Crippen molar-refractivity contribution < 1.29 is 0 Å². The second-order valence-electron chi connectivity index (χ2n) is 10.4. The Morgan fingerprint density at radius 2 is 1.55 bits per heavy atom. The highest BCUT2D eigenvalue weighted by Crippen LogP contribution is 2.60. The third-order valence-corrected chi connectivity index (χ3v) is 8.01. The molecule has 3 N–H and O–H groups in total. The van der Waals surface area contributed by atoms with Crippen molar-refractivity contribution >= 4 is 23.0 Å². The lowest BCUT2D eigenvalue weighted by molar-refractivity contribution is -0.00920. The van der Waals surface area contributed by atoms with E-state index in [1.807, 2.05) is 18.2 Å². The van der Waals surface area contributed by atoms with Crippen LogP contribution in [0.25, 0.3) is 0 Å². The maximum Gasteiger partial charge on any atom is 0.253 e. The van der Waals surface area contributed by atoms with Crippen LogP contribution < -0.4 is 10.6 Å². The highest BCUT2D eigenvalue weighted by molar-refractivity contribution is 5.78. The van der Waals surface area contributed by atoms with Gasteiger partial charge in [-0.05, 0) is 99.5 Å². The number of aryl methyl sites for hydroxylation is 2. The Hall–Kier alpha value is -2.82. The molecular formula is C26H31N5. The van der Waals surface area contributed by atoms with Crippen LogP contribution in [0.5, 0.6) is 0 Å². The Morgan fingerprint density at radius 3 is 2.16 bits per heavy atom. The van der Waals surface area contributed by atoms with Crippen LogP contribution >= 0.6 is 0 Å². The van der Waals surface area contributed by atoms with Crippen LogP contribution in [0.4, 0.5) is 23.0 Å². The van der Waals surface area contributed by atoms with E-state index in [1.54, 1.807) is 0 Å². The zero-order valence-electron chi connectivity index (χ0n) is 18.4. The molecule has 0 aliphatic heterocycles. The average Bonchev–Trinajstić information content (AvgIpc) is 3.20. The minimum atomic E-state index is 0.197. The summed E-state index contributed by atoms with van der Waals surface area (Å²) >= 11 is 0. The summed E-state index contributed by atoms with van der Waals surface area (Å²) in [6.07, 6.45) is 8.11. The molecule has 1 aromatic heterocycles. The quantitative estimate of drug-likeness (QED) is 0.519. The Morgan fingerprint density at radius 1 is 0.935 bits per heavy atom. The number of para-hydroxylation sites is 1. The number of nitrogens with zero attached hydrogens (tertiary/aromatic N) is 3.